The van der Waals surface area contributed by atoms with E-state index in [1.54, 1.807) is 32.0 Å². The van der Waals surface area contributed by atoms with Gasteiger partial charge in [0.15, 0.2) is 5.60 Å². The van der Waals surface area contributed by atoms with Crippen molar-refractivity contribution in [1.82, 2.24) is 0 Å². The van der Waals surface area contributed by atoms with Crippen molar-refractivity contribution in [2.75, 3.05) is 7.11 Å². The lowest BCUT2D eigenvalue weighted by atomic mass is 9.93. The zero-order valence-corrected chi connectivity index (χ0v) is 9.63. The average Bonchev–Trinajstić information content (AvgIpc) is 2.37. The van der Waals surface area contributed by atoms with Crippen LogP contribution in [-0.4, -0.2) is 17.8 Å². The fraction of sp³-hybridized carbons (Fsp3) is 0.455. The maximum Gasteiger partial charge on any atom is 0.236 e. The molecule has 0 radical (unpaired) electrons. The molecule has 15 heavy (non-hydrogen) atoms. The number of ether oxygens (including phenoxy) is 2. The van der Waals surface area contributed by atoms with Gasteiger partial charge in [0.1, 0.15) is 5.75 Å². The van der Waals surface area contributed by atoms with Crippen LogP contribution >= 0.6 is 11.6 Å². The second-order valence-electron chi connectivity index (χ2n) is 4.10. The highest BCUT2D eigenvalue weighted by Crippen LogP contribution is 2.48. The van der Waals surface area contributed by atoms with E-state index < -0.39 is 11.4 Å². The van der Waals surface area contributed by atoms with Crippen molar-refractivity contribution in [2.45, 2.75) is 25.2 Å². The molecule has 0 spiro atoms. The van der Waals surface area contributed by atoms with Crippen LogP contribution in [-0.2, 0) is 10.5 Å². The lowest BCUT2D eigenvalue weighted by molar-refractivity contribution is -0.260. The number of rotatable bonds is 1. The standard InChI is InChI=1S/C11H13ClO3/c1-10(2)11(13,14-3)8-6-7(12)4-5-9(8)15-10/h4-6,13H,1-3H3. The van der Waals surface area contributed by atoms with Crippen LogP contribution in [0.1, 0.15) is 19.4 Å². The Bertz CT molecular complexity index is 403. The van der Waals surface area contributed by atoms with Crippen LogP contribution in [0.4, 0.5) is 0 Å². The molecule has 3 nitrogen and oxygen atoms in total. The summed E-state index contributed by atoms with van der Waals surface area (Å²) in [6.45, 7) is 3.54. The monoisotopic (exact) mass is 228 g/mol. The molecular formula is C11H13ClO3. The van der Waals surface area contributed by atoms with Gasteiger partial charge in [-0.1, -0.05) is 11.6 Å². The summed E-state index contributed by atoms with van der Waals surface area (Å²) in [6.07, 6.45) is 0. The van der Waals surface area contributed by atoms with Gasteiger partial charge in [-0.3, -0.25) is 0 Å². The van der Waals surface area contributed by atoms with Crippen LogP contribution in [0.5, 0.6) is 5.75 Å². The number of benzene rings is 1. The molecule has 0 bridgehead atoms. The van der Waals surface area contributed by atoms with Crippen molar-refractivity contribution >= 4 is 11.6 Å². The van der Waals surface area contributed by atoms with E-state index in [0.717, 1.165) is 0 Å². The van der Waals surface area contributed by atoms with Crippen molar-refractivity contribution in [2.24, 2.45) is 0 Å². The molecule has 0 amide bonds. The van der Waals surface area contributed by atoms with E-state index in [9.17, 15) is 5.11 Å². The van der Waals surface area contributed by atoms with Gasteiger partial charge in [-0.2, -0.15) is 0 Å². The second-order valence-corrected chi connectivity index (χ2v) is 4.54. The van der Waals surface area contributed by atoms with Crippen molar-refractivity contribution in [1.29, 1.82) is 0 Å². The van der Waals surface area contributed by atoms with Gasteiger partial charge in [-0.25, -0.2) is 0 Å². The van der Waals surface area contributed by atoms with E-state index in [0.29, 0.717) is 16.3 Å². The first-order chi connectivity index (χ1) is 6.90. The van der Waals surface area contributed by atoms with Gasteiger partial charge in [-0.05, 0) is 32.0 Å². The zero-order chi connectivity index (χ0) is 11.3. The Labute approximate surface area is 93.6 Å². The van der Waals surface area contributed by atoms with E-state index >= 15 is 0 Å². The molecule has 1 heterocycles. The summed E-state index contributed by atoms with van der Waals surface area (Å²) in [5.41, 5.74) is -0.253. The Morgan fingerprint density at radius 1 is 1.40 bits per heavy atom. The van der Waals surface area contributed by atoms with Gasteiger partial charge in [0, 0.05) is 12.1 Å². The molecule has 1 unspecified atom stereocenters. The molecule has 1 aliphatic heterocycles. The Hall–Kier alpha value is -0.770. The number of halogens is 1. The third-order valence-corrected chi connectivity index (χ3v) is 3.02. The summed E-state index contributed by atoms with van der Waals surface area (Å²) in [6, 6.07) is 5.11. The molecular weight excluding hydrogens is 216 g/mol. The minimum atomic E-state index is -1.45. The molecule has 82 valence electrons. The van der Waals surface area contributed by atoms with Crippen molar-refractivity contribution in [3.63, 3.8) is 0 Å². The van der Waals surface area contributed by atoms with E-state index in [1.807, 2.05) is 0 Å². The van der Waals surface area contributed by atoms with E-state index in [1.165, 1.54) is 7.11 Å². The number of hydrogen-bond acceptors (Lipinski definition) is 3. The molecule has 1 aromatic carbocycles. The van der Waals surface area contributed by atoms with Gasteiger partial charge in [0.2, 0.25) is 5.79 Å². The largest absolute Gasteiger partial charge is 0.481 e. The molecule has 4 heteroatoms. The predicted octanol–water partition coefficient (Wildman–Crippen LogP) is 2.30. The smallest absolute Gasteiger partial charge is 0.236 e. The van der Waals surface area contributed by atoms with E-state index in [2.05, 4.69) is 0 Å². The molecule has 1 aliphatic rings. The Kier molecular flexibility index (Phi) is 2.23. The first-order valence-corrected chi connectivity index (χ1v) is 5.05. The summed E-state index contributed by atoms with van der Waals surface area (Å²) in [5, 5.41) is 10.9. The fourth-order valence-electron chi connectivity index (χ4n) is 1.88. The summed E-state index contributed by atoms with van der Waals surface area (Å²) >= 11 is 5.88. The topological polar surface area (TPSA) is 38.7 Å². The molecule has 1 aromatic rings. The van der Waals surface area contributed by atoms with E-state index in [-0.39, 0.29) is 0 Å². The molecule has 0 aliphatic carbocycles. The molecule has 1 atom stereocenters. The lowest BCUT2D eigenvalue weighted by Crippen LogP contribution is -2.48. The van der Waals surface area contributed by atoms with Gasteiger partial charge >= 0.3 is 0 Å². The highest BCUT2D eigenvalue weighted by molar-refractivity contribution is 6.30. The first-order valence-electron chi connectivity index (χ1n) is 4.67. The van der Waals surface area contributed by atoms with Crippen molar-refractivity contribution in [3.8, 4) is 5.75 Å². The molecule has 0 fully saturated rings. The summed E-state index contributed by atoms with van der Waals surface area (Å²) < 4.78 is 10.8. The van der Waals surface area contributed by atoms with Crippen LogP contribution in [0, 0.1) is 0 Å². The Morgan fingerprint density at radius 3 is 2.67 bits per heavy atom. The average molecular weight is 229 g/mol. The highest BCUT2D eigenvalue weighted by Gasteiger charge is 2.54. The lowest BCUT2D eigenvalue weighted by Gasteiger charge is -2.33. The molecule has 2 rings (SSSR count). The number of methoxy groups -OCH3 is 1. The summed E-state index contributed by atoms with van der Waals surface area (Å²) in [5.74, 6) is -0.846. The maximum absolute atomic E-state index is 10.4. The van der Waals surface area contributed by atoms with Gasteiger partial charge in [0.25, 0.3) is 0 Å². The molecule has 0 aromatic heterocycles. The fourth-order valence-corrected chi connectivity index (χ4v) is 2.05. The maximum atomic E-state index is 10.4. The SMILES string of the molecule is COC1(O)c2cc(Cl)ccc2OC1(C)C. The van der Waals surface area contributed by atoms with E-state index in [4.69, 9.17) is 21.1 Å². The second kappa shape index (κ2) is 3.11. The third-order valence-electron chi connectivity index (χ3n) is 2.78. The zero-order valence-electron chi connectivity index (χ0n) is 8.87. The van der Waals surface area contributed by atoms with Gasteiger partial charge < -0.3 is 14.6 Å². The van der Waals surface area contributed by atoms with Crippen LogP contribution < -0.4 is 4.74 Å². The third kappa shape index (κ3) is 1.34. The van der Waals surface area contributed by atoms with Crippen LogP contribution in [0.15, 0.2) is 18.2 Å². The Morgan fingerprint density at radius 2 is 2.07 bits per heavy atom. The molecule has 1 N–H and O–H groups in total. The van der Waals surface area contributed by atoms with Crippen LogP contribution in [0.25, 0.3) is 0 Å². The summed E-state index contributed by atoms with van der Waals surface area (Å²) in [4.78, 5) is 0. The molecule has 0 saturated heterocycles. The minimum Gasteiger partial charge on any atom is -0.481 e. The number of fused-ring (bicyclic) bond motifs is 1. The van der Waals surface area contributed by atoms with Gasteiger partial charge in [0.05, 0.1) is 5.56 Å². The predicted molar refractivity (Wildman–Crippen MR) is 57.1 cm³/mol. The minimum absolute atomic E-state index is 0.547. The van der Waals surface area contributed by atoms with Crippen molar-refractivity contribution < 1.29 is 14.6 Å². The van der Waals surface area contributed by atoms with Crippen LogP contribution in [0.3, 0.4) is 0 Å². The van der Waals surface area contributed by atoms with Crippen LogP contribution in [0.2, 0.25) is 5.02 Å². The van der Waals surface area contributed by atoms with Crippen molar-refractivity contribution in [3.05, 3.63) is 28.8 Å². The van der Waals surface area contributed by atoms with Gasteiger partial charge in [-0.15, -0.1) is 0 Å². The molecule has 0 saturated carbocycles. The number of aliphatic hydroxyl groups is 1. The Balaban J connectivity index is 2.62. The summed E-state index contributed by atoms with van der Waals surface area (Å²) in [7, 11) is 1.45. The first kappa shape index (κ1) is 10.7. The number of hydrogen-bond donors (Lipinski definition) is 1. The highest BCUT2D eigenvalue weighted by atomic mass is 35.5. The quantitative estimate of drug-likeness (QED) is 0.750. The normalized spacial score (nSPS) is 27.3.